The van der Waals surface area contributed by atoms with E-state index in [1.165, 1.54) is 49.6 Å². The first-order valence-electron chi connectivity index (χ1n) is 8.34. The van der Waals surface area contributed by atoms with Crippen molar-refractivity contribution >= 4 is 33.1 Å². The lowest BCUT2D eigenvalue weighted by Crippen LogP contribution is -2.25. The normalized spacial score (nSPS) is 11.7. The van der Waals surface area contributed by atoms with E-state index in [1.54, 1.807) is 0 Å². The molecule has 0 aliphatic heterocycles. The molecule has 0 fully saturated rings. The highest BCUT2D eigenvalue weighted by atomic mass is 32.2. The second kappa shape index (κ2) is 8.23. The Kier molecular flexibility index (Phi) is 5.91. The molecule has 0 spiro atoms. The third-order valence-corrected chi connectivity index (χ3v) is 7.54. The van der Waals surface area contributed by atoms with Crippen molar-refractivity contribution < 1.29 is 22.4 Å². The van der Waals surface area contributed by atoms with Crippen LogP contribution in [0.4, 0.5) is 4.39 Å². The number of hydrogen-bond acceptors (Lipinski definition) is 6. The SMILES string of the molecule is CN(Cc1ccc(F)cc1)S(=O)(=O)c1cc(C(N)=O)c(CC(=O)c2ccn[nH]2)s1. The first kappa shape index (κ1) is 20.8. The number of H-pyrrole nitrogens is 1. The third kappa shape index (κ3) is 4.58. The molecule has 152 valence electrons. The Hall–Kier alpha value is -2.89. The third-order valence-electron chi connectivity index (χ3n) is 4.16. The molecule has 3 N–H and O–H groups in total. The van der Waals surface area contributed by atoms with Gasteiger partial charge in [-0.05, 0) is 29.8 Å². The maximum atomic E-state index is 13.0. The Labute approximate surface area is 170 Å². The van der Waals surface area contributed by atoms with E-state index in [0.717, 1.165) is 15.6 Å². The van der Waals surface area contributed by atoms with Gasteiger partial charge >= 0.3 is 0 Å². The number of Topliss-reactive ketones (excluding diaryl/α,β-unsaturated/α-hetero) is 1. The van der Waals surface area contributed by atoms with Crippen LogP contribution in [-0.2, 0) is 23.0 Å². The lowest BCUT2D eigenvalue weighted by molar-refractivity contribution is 0.0988. The van der Waals surface area contributed by atoms with E-state index < -0.39 is 21.7 Å². The van der Waals surface area contributed by atoms with Crippen molar-refractivity contribution in [3.05, 3.63) is 70.1 Å². The molecule has 8 nitrogen and oxygen atoms in total. The molecule has 11 heteroatoms. The van der Waals surface area contributed by atoms with Crippen LogP contribution in [0.15, 0.2) is 46.8 Å². The molecule has 2 heterocycles. The van der Waals surface area contributed by atoms with Crippen LogP contribution in [0.2, 0.25) is 0 Å². The van der Waals surface area contributed by atoms with E-state index in [0.29, 0.717) is 5.56 Å². The van der Waals surface area contributed by atoms with E-state index in [9.17, 15) is 22.4 Å². The number of thiophene rings is 1. The Morgan fingerprint density at radius 2 is 1.93 bits per heavy atom. The average molecular weight is 436 g/mol. The molecular weight excluding hydrogens is 419 g/mol. The quantitative estimate of drug-likeness (QED) is 0.522. The van der Waals surface area contributed by atoms with Gasteiger partial charge in [-0.25, -0.2) is 12.8 Å². The molecule has 0 radical (unpaired) electrons. The predicted molar refractivity (Wildman–Crippen MR) is 105 cm³/mol. The fourth-order valence-corrected chi connectivity index (χ4v) is 5.50. The Morgan fingerprint density at radius 1 is 1.24 bits per heavy atom. The van der Waals surface area contributed by atoms with Gasteiger partial charge in [0.2, 0.25) is 5.91 Å². The smallest absolute Gasteiger partial charge is 0.252 e. The number of carbonyl (C=O) groups is 2. The minimum absolute atomic E-state index is 0.00876. The molecule has 0 aliphatic rings. The van der Waals surface area contributed by atoms with Crippen molar-refractivity contribution in [3.63, 3.8) is 0 Å². The standard InChI is InChI=1S/C18H17FN4O4S2/c1-23(10-11-2-4-12(19)5-3-11)29(26,27)17-8-13(18(20)25)16(28-17)9-15(24)14-6-7-21-22-14/h2-8H,9-10H2,1H3,(H2,20,25)(H,21,22). The molecule has 3 rings (SSSR count). The van der Waals surface area contributed by atoms with Gasteiger partial charge in [0.05, 0.1) is 5.56 Å². The summed E-state index contributed by atoms with van der Waals surface area (Å²) in [6.07, 6.45) is 1.22. The van der Waals surface area contributed by atoms with Gasteiger partial charge in [-0.15, -0.1) is 11.3 Å². The Balaban J connectivity index is 1.87. The second-order valence-corrected chi connectivity index (χ2v) is 9.63. The summed E-state index contributed by atoms with van der Waals surface area (Å²) in [5.41, 5.74) is 6.19. The number of amides is 1. The zero-order valence-electron chi connectivity index (χ0n) is 15.3. The molecule has 0 unspecified atom stereocenters. The number of primary amides is 1. The monoisotopic (exact) mass is 436 g/mol. The molecule has 2 aromatic heterocycles. The van der Waals surface area contributed by atoms with Crippen LogP contribution in [0.1, 0.15) is 31.3 Å². The fraction of sp³-hybridized carbons (Fsp3) is 0.167. The van der Waals surface area contributed by atoms with Crippen molar-refractivity contribution in [2.75, 3.05) is 7.05 Å². The van der Waals surface area contributed by atoms with Crippen molar-refractivity contribution in [2.45, 2.75) is 17.2 Å². The summed E-state index contributed by atoms with van der Waals surface area (Å²) in [4.78, 5) is 24.3. The van der Waals surface area contributed by atoms with Gasteiger partial charge in [-0.2, -0.15) is 9.40 Å². The fourth-order valence-electron chi connectivity index (χ4n) is 2.61. The zero-order valence-corrected chi connectivity index (χ0v) is 16.9. The van der Waals surface area contributed by atoms with Gasteiger partial charge in [-0.1, -0.05) is 12.1 Å². The Bertz CT molecular complexity index is 1140. The van der Waals surface area contributed by atoms with Crippen LogP contribution in [-0.4, -0.2) is 41.7 Å². The van der Waals surface area contributed by atoms with Crippen LogP contribution >= 0.6 is 11.3 Å². The van der Waals surface area contributed by atoms with E-state index in [4.69, 9.17) is 5.73 Å². The molecule has 0 aliphatic carbocycles. The number of carbonyl (C=O) groups excluding carboxylic acids is 2. The van der Waals surface area contributed by atoms with Gasteiger partial charge in [0.25, 0.3) is 10.0 Å². The summed E-state index contributed by atoms with van der Waals surface area (Å²) in [7, 11) is -2.58. The van der Waals surface area contributed by atoms with Crippen molar-refractivity contribution in [1.29, 1.82) is 0 Å². The van der Waals surface area contributed by atoms with Crippen LogP contribution in [0.5, 0.6) is 0 Å². The van der Waals surface area contributed by atoms with E-state index in [2.05, 4.69) is 10.2 Å². The average Bonchev–Trinajstić information content (AvgIpc) is 3.33. The highest BCUT2D eigenvalue weighted by molar-refractivity contribution is 7.91. The molecule has 1 amide bonds. The first-order valence-corrected chi connectivity index (χ1v) is 10.6. The number of aromatic amines is 1. The molecule has 0 atom stereocenters. The summed E-state index contributed by atoms with van der Waals surface area (Å²) in [5.74, 6) is -1.60. The van der Waals surface area contributed by atoms with Crippen molar-refractivity contribution in [3.8, 4) is 0 Å². The molecule has 3 aromatic rings. The zero-order chi connectivity index (χ0) is 21.2. The topological polar surface area (TPSA) is 126 Å². The highest BCUT2D eigenvalue weighted by Gasteiger charge is 2.27. The Morgan fingerprint density at radius 3 is 2.52 bits per heavy atom. The summed E-state index contributed by atoms with van der Waals surface area (Å²) in [6.45, 7) is 0.00876. The molecule has 29 heavy (non-hydrogen) atoms. The number of nitrogens with zero attached hydrogens (tertiary/aromatic N) is 2. The number of sulfonamides is 1. The minimum Gasteiger partial charge on any atom is -0.366 e. The number of rotatable bonds is 8. The minimum atomic E-state index is -3.95. The molecule has 0 bridgehead atoms. The molecular formula is C18H17FN4O4S2. The van der Waals surface area contributed by atoms with Crippen molar-refractivity contribution in [2.24, 2.45) is 5.73 Å². The number of nitrogens with two attached hydrogens (primary N) is 1. The summed E-state index contributed by atoms with van der Waals surface area (Å²) in [6, 6.07) is 8.11. The number of hydrogen-bond donors (Lipinski definition) is 2. The van der Waals surface area contributed by atoms with E-state index >= 15 is 0 Å². The van der Waals surface area contributed by atoms with Gasteiger partial charge in [0.1, 0.15) is 15.7 Å². The van der Waals surface area contributed by atoms with Crippen LogP contribution in [0.3, 0.4) is 0 Å². The van der Waals surface area contributed by atoms with Crippen molar-refractivity contribution in [1.82, 2.24) is 14.5 Å². The van der Waals surface area contributed by atoms with Gasteiger partial charge in [0.15, 0.2) is 5.78 Å². The summed E-state index contributed by atoms with van der Waals surface area (Å²) >= 11 is 0.816. The first-order chi connectivity index (χ1) is 13.7. The van der Waals surface area contributed by atoms with Crippen LogP contribution in [0, 0.1) is 5.82 Å². The van der Waals surface area contributed by atoms with Gasteiger partial charge in [-0.3, -0.25) is 14.7 Å². The number of nitrogens with one attached hydrogen (secondary N) is 1. The lowest BCUT2D eigenvalue weighted by atomic mass is 10.1. The maximum absolute atomic E-state index is 13.0. The van der Waals surface area contributed by atoms with E-state index in [-0.39, 0.29) is 39.1 Å². The van der Waals surface area contributed by atoms with Gasteiger partial charge < -0.3 is 5.73 Å². The van der Waals surface area contributed by atoms with Crippen LogP contribution < -0.4 is 5.73 Å². The van der Waals surface area contributed by atoms with Gasteiger partial charge in [0, 0.05) is 31.1 Å². The second-order valence-electron chi connectivity index (χ2n) is 6.22. The summed E-state index contributed by atoms with van der Waals surface area (Å²) in [5, 5.41) is 6.22. The number of benzene rings is 1. The number of aromatic nitrogens is 2. The predicted octanol–water partition coefficient (Wildman–Crippen LogP) is 1.96. The highest BCUT2D eigenvalue weighted by Crippen LogP contribution is 2.30. The largest absolute Gasteiger partial charge is 0.366 e. The molecule has 0 saturated carbocycles. The number of halogens is 1. The lowest BCUT2D eigenvalue weighted by Gasteiger charge is -2.16. The maximum Gasteiger partial charge on any atom is 0.252 e. The van der Waals surface area contributed by atoms with Crippen LogP contribution in [0.25, 0.3) is 0 Å². The molecule has 1 aromatic carbocycles. The number of ketones is 1. The molecule has 0 saturated heterocycles. The van der Waals surface area contributed by atoms with E-state index in [1.807, 2.05) is 0 Å². The summed E-state index contributed by atoms with van der Waals surface area (Å²) < 4.78 is 39.8.